The molecule has 0 amide bonds. The minimum Gasteiger partial charge on any atom is -0.395 e. The van der Waals surface area contributed by atoms with Gasteiger partial charge >= 0.3 is 6.18 Å². The molecule has 0 unspecified atom stereocenters. The number of nitrogens with zero attached hydrogens (tertiary/aromatic N) is 2. The summed E-state index contributed by atoms with van der Waals surface area (Å²) >= 11 is 0. The minimum absolute atomic E-state index is 0.122. The Morgan fingerprint density at radius 1 is 1.03 bits per heavy atom. The first kappa shape index (κ1) is 29.0. The molecule has 1 aromatic carbocycles. The summed E-state index contributed by atoms with van der Waals surface area (Å²) in [5.41, 5.74) is -0.862. The maximum Gasteiger partial charge on any atom is 0.416 e. The zero-order valence-electron chi connectivity index (χ0n) is 20.3. The molecule has 1 aromatic rings. The van der Waals surface area contributed by atoms with E-state index >= 15 is 0 Å². The zero-order chi connectivity index (χ0) is 25.2. The molecule has 0 aromatic heterocycles. The van der Waals surface area contributed by atoms with Gasteiger partial charge in [0.15, 0.2) is 0 Å². The summed E-state index contributed by atoms with van der Waals surface area (Å²) in [4.78, 5) is 2.10. The van der Waals surface area contributed by atoms with Gasteiger partial charge in [0.2, 0.25) is 10.0 Å². The molecule has 196 valence electrons. The third kappa shape index (κ3) is 9.11. The highest BCUT2D eigenvalue weighted by molar-refractivity contribution is 7.89. The number of halogens is 3. The van der Waals surface area contributed by atoms with Gasteiger partial charge in [-0.3, -0.25) is 0 Å². The van der Waals surface area contributed by atoms with E-state index in [0.717, 1.165) is 89.1 Å². The number of hydrogen-bond donors (Lipinski definition) is 1. The molecule has 2 rings (SSSR count). The van der Waals surface area contributed by atoms with Crippen LogP contribution in [-0.4, -0.2) is 75.8 Å². The number of sulfonamides is 1. The molecule has 0 heterocycles. The highest BCUT2D eigenvalue weighted by Crippen LogP contribution is 2.32. The Balaban J connectivity index is 1.68. The fraction of sp³-hybridized carbons (Fsp3) is 0.750. The highest BCUT2D eigenvalue weighted by Gasteiger charge is 2.32. The number of benzene rings is 1. The van der Waals surface area contributed by atoms with Crippen molar-refractivity contribution in [2.45, 2.75) is 56.5 Å². The van der Waals surface area contributed by atoms with Crippen LogP contribution in [0, 0.1) is 11.8 Å². The number of aliphatic hydroxyl groups is 1. The second-order valence-corrected chi connectivity index (χ2v) is 11.2. The summed E-state index contributed by atoms with van der Waals surface area (Å²) in [6, 6.07) is 3.66. The Morgan fingerprint density at radius 2 is 1.65 bits per heavy atom. The second-order valence-electron chi connectivity index (χ2n) is 9.13. The van der Waals surface area contributed by atoms with E-state index in [0.29, 0.717) is 19.0 Å². The molecule has 1 fully saturated rings. The van der Waals surface area contributed by atoms with Crippen LogP contribution in [0.3, 0.4) is 0 Å². The van der Waals surface area contributed by atoms with E-state index in [1.165, 1.54) is 11.4 Å². The number of aliphatic hydroxyl groups excluding tert-OH is 1. The lowest BCUT2D eigenvalue weighted by molar-refractivity contribution is -0.137. The molecule has 0 saturated heterocycles. The van der Waals surface area contributed by atoms with Gasteiger partial charge in [-0.25, -0.2) is 12.7 Å². The smallest absolute Gasteiger partial charge is 0.395 e. The van der Waals surface area contributed by atoms with Crippen LogP contribution in [0.2, 0.25) is 0 Å². The Hall–Kier alpha value is -1.20. The van der Waals surface area contributed by atoms with Gasteiger partial charge in [-0.15, -0.1) is 0 Å². The summed E-state index contributed by atoms with van der Waals surface area (Å²) in [7, 11) is -2.34. The van der Waals surface area contributed by atoms with Crippen molar-refractivity contribution >= 4 is 10.0 Å². The van der Waals surface area contributed by atoms with Crippen LogP contribution >= 0.6 is 0 Å². The Kier molecular flexibility index (Phi) is 11.8. The van der Waals surface area contributed by atoms with E-state index in [9.17, 15) is 21.6 Å². The van der Waals surface area contributed by atoms with Crippen molar-refractivity contribution in [3.63, 3.8) is 0 Å². The third-order valence-electron chi connectivity index (χ3n) is 6.60. The number of ether oxygens (including phenoxy) is 1. The average molecular weight is 509 g/mol. The van der Waals surface area contributed by atoms with Crippen LogP contribution in [0.1, 0.15) is 51.0 Å². The molecular weight excluding hydrogens is 469 g/mol. The number of alkyl halides is 3. The predicted octanol–water partition coefficient (Wildman–Crippen LogP) is 4.24. The lowest BCUT2D eigenvalue weighted by atomic mass is 9.82. The molecule has 0 aliphatic heterocycles. The molecule has 0 spiro atoms. The van der Waals surface area contributed by atoms with Gasteiger partial charge in [0.25, 0.3) is 0 Å². The quantitative estimate of drug-likeness (QED) is 0.381. The number of rotatable bonds is 14. The molecule has 6 nitrogen and oxygen atoms in total. The maximum absolute atomic E-state index is 12.8. The zero-order valence-corrected chi connectivity index (χ0v) is 21.1. The SMILES string of the molecule is CCN(CCO)CCCCOCC1CCC(CN(C)S(=O)(=O)c2ccc(C(F)(F)F)cc2)CC1. The molecule has 0 radical (unpaired) electrons. The molecule has 10 heteroatoms. The number of unbranched alkanes of at least 4 members (excludes halogenated alkanes) is 1. The monoisotopic (exact) mass is 508 g/mol. The van der Waals surface area contributed by atoms with Gasteiger partial charge in [0, 0.05) is 33.4 Å². The second kappa shape index (κ2) is 13.8. The van der Waals surface area contributed by atoms with E-state index < -0.39 is 21.8 Å². The largest absolute Gasteiger partial charge is 0.416 e. The van der Waals surface area contributed by atoms with Crippen molar-refractivity contribution in [1.82, 2.24) is 9.21 Å². The van der Waals surface area contributed by atoms with Gasteiger partial charge in [0.05, 0.1) is 17.1 Å². The van der Waals surface area contributed by atoms with Gasteiger partial charge in [-0.2, -0.15) is 13.2 Å². The first-order chi connectivity index (χ1) is 16.1. The summed E-state index contributed by atoms with van der Waals surface area (Å²) in [5.74, 6) is 0.714. The fourth-order valence-corrected chi connectivity index (χ4v) is 5.64. The first-order valence-corrected chi connectivity index (χ1v) is 13.6. The van der Waals surface area contributed by atoms with Crippen molar-refractivity contribution < 1.29 is 31.4 Å². The Labute approximate surface area is 202 Å². The molecule has 0 atom stereocenters. The van der Waals surface area contributed by atoms with Crippen LogP contribution in [-0.2, 0) is 20.9 Å². The maximum atomic E-state index is 12.8. The molecule has 1 N–H and O–H groups in total. The van der Waals surface area contributed by atoms with Crippen molar-refractivity contribution in [2.75, 3.05) is 53.0 Å². The number of hydrogen-bond acceptors (Lipinski definition) is 5. The molecular formula is C24H39F3N2O4S. The van der Waals surface area contributed by atoms with E-state index in [-0.39, 0.29) is 17.4 Å². The van der Waals surface area contributed by atoms with Crippen molar-refractivity contribution in [3.05, 3.63) is 29.8 Å². The topological polar surface area (TPSA) is 70.1 Å². The van der Waals surface area contributed by atoms with Crippen molar-refractivity contribution in [1.29, 1.82) is 0 Å². The van der Waals surface area contributed by atoms with E-state index in [4.69, 9.17) is 9.84 Å². The standard InChI is InChI=1S/C24H39F3N2O4S/c1-3-29(15-16-30)14-4-5-17-33-19-21-8-6-20(7-9-21)18-28(2)34(31,32)23-12-10-22(11-13-23)24(25,26)27/h10-13,20-21,30H,3-9,14-19H2,1-2H3. The van der Waals surface area contributed by atoms with Crippen molar-refractivity contribution in [2.24, 2.45) is 11.8 Å². The van der Waals surface area contributed by atoms with Crippen LogP contribution < -0.4 is 0 Å². The number of likely N-dealkylation sites (N-methyl/N-ethyl adjacent to an activating group) is 1. The van der Waals surface area contributed by atoms with Gasteiger partial charge in [-0.05, 0) is 87.7 Å². The molecule has 1 aliphatic rings. The molecule has 1 aliphatic carbocycles. The van der Waals surface area contributed by atoms with Gasteiger partial charge in [0.1, 0.15) is 0 Å². The molecule has 34 heavy (non-hydrogen) atoms. The van der Waals surface area contributed by atoms with Crippen LogP contribution in [0.4, 0.5) is 13.2 Å². The lowest BCUT2D eigenvalue weighted by Gasteiger charge is -2.31. The Bertz CT molecular complexity index is 811. The Morgan fingerprint density at radius 3 is 2.21 bits per heavy atom. The fourth-order valence-electron chi connectivity index (χ4n) is 4.40. The first-order valence-electron chi connectivity index (χ1n) is 12.1. The van der Waals surface area contributed by atoms with Crippen LogP contribution in [0.5, 0.6) is 0 Å². The van der Waals surface area contributed by atoms with Crippen molar-refractivity contribution in [3.8, 4) is 0 Å². The lowest BCUT2D eigenvalue weighted by Crippen LogP contribution is -2.34. The summed E-state index contributed by atoms with van der Waals surface area (Å²) < 4.78 is 70.9. The van der Waals surface area contributed by atoms with Crippen LogP contribution in [0.25, 0.3) is 0 Å². The van der Waals surface area contributed by atoms with E-state index in [2.05, 4.69) is 11.8 Å². The minimum atomic E-state index is -4.49. The third-order valence-corrected chi connectivity index (χ3v) is 8.44. The van der Waals surface area contributed by atoms with Gasteiger partial charge < -0.3 is 14.7 Å². The summed E-state index contributed by atoms with van der Waals surface area (Å²) in [6.07, 6.45) is 1.33. The summed E-state index contributed by atoms with van der Waals surface area (Å²) in [6.45, 7) is 6.69. The molecule has 1 saturated carbocycles. The van der Waals surface area contributed by atoms with E-state index in [1.54, 1.807) is 0 Å². The predicted molar refractivity (Wildman–Crippen MR) is 126 cm³/mol. The van der Waals surface area contributed by atoms with E-state index in [1.807, 2.05) is 0 Å². The van der Waals surface area contributed by atoms with Crippen LogP contribution in [0.15, 0.2) is 29.2 Å². The normalized spacial score (nSPS) is 19.8. The average Bonchev–Trinajstić information content (AvgIpc) is 2.81. The van der Waals surface area contributed by atoms with Gasteiger partial charge in [-0.1, -0.05) is 6.92 Å². The molecule has 0 bridgehead atoms. The highest BCUT2D eigenvalue weighted by atomic mass is 32.2. The summed E-state index contributed by atoms with van der Waals surface area (Å²) in [5, 5.41) is 9.01.